The van der Waals surface area contributed by atoms with E-state index in [0.29, 0.717) is 5.75 Å². The molecule has 1 saturated heterocycles. The van der Waals surface area contributed by atoms with E-state index in [-0.39, 0.29) is 18.2 Å². The molecule has 0 spiro atoms. The van der Waals surface area contributed by atoms with Crippen LogP contribution in [0.3, 0.4) is 0 Å². The van der Waals surface area contributed by atoms with Crippen LogP contribution in [-0.4, -0.2) is 40.6 Å². The number of ether oxygens (including phenoxy) is 1. The van der Waals surface area contributed by atoms with Gasteiger partial charge in [0.05, 0.1) is 13.2 Å². The van der Waals surface area contributed by atoms with Crippen LogP contribution < -0.4 is 4.74 Å². The highest BCUT2D eigenvalue weighted by molar-refractivity contribution is 5.95. The molecular formula is C20H21NO5. The third kappa shape index (κ3) is 2.82. The van der Waals surface area contributed by atoms with E-state index in [1.54, 1.807) is 12.1 Å². The Morgan fingerprint density at radius 1 is 1.19 bits per heavy atom. The smallest absolute Gasteiger partial charge is 0.312 e. The molecule has 0 aliphatic carbocycles. The summed E-state index contributed by atoms with van der Waals surface area (Å²) in [4.78, 5) is 26.3. The average molecular weight is 355 g/mol. The molecule has 2 aromatic rings. The second kappa shape index (κ2) is 6.80. The van der Waals surface area contributed by atoms with Gasteiger partial charge >= 0.3 is 5.97 Å². The summed E-state index contributed by atoms with van der Waals surface area (Å²) in [7, 11) is 1.51. The van der Waals surface area contributed by atoms with E-state index < -0.39 is 23.4 Å². The number of methoxy groups -OCH3 is 1. The van der Waals surface area contributed by atoms with Gasteiger partial charge in [0.25, 0.3) is 5.91 Å². The van der Waals surface area contributed by atoms with Gasteiger partial charge in [-0.3, -0.25) is 9.59 Å². The molecule has 6 nitrogen and oxygen atoms in total. The summed E-state index contributed by atoms with van der Waals surface area (Å²) < 4.78 is 5.09. The molecule has 0 aromatic heterocycles. The number of likely N-dealkylation sites (tertiary alicyclic amines) is 1. The van der Waals surface area contributed by atoms with Crippen LogP contribution in [0.5, 0.6) is 5.75 Å². The lowest BCUT2D eigenvalue weighted by atomic mass is 9.83. The summed E-state index contributed by atoms with van der Waals surface area (Å²) in [5.74, 6) is -2.51. The molecule has 3 rings (SSSR count). The van der Waals surface area contributed by atoms with Gasteiger partial charge in [0.15, 0.2) is 5.60 Å². The van der Waals surface area contributed by atoms with Gasteiger partial charge in [-0.1, -0.05) is 42.5 Å². The maximum Gasteiger partial charge on any atom is 0.312 e. The molecular weight excluding hydrogens is 334 g/mol. The Labute approximate surface area is 151 Å². The fourth-order valence-corrected chi connectivity index (χ4v) is 3.45. The second-order valence-corrected chi connectivity index (χ2v) is 6.43. The van der Waals surface area contributed by atoms with Gasteiger partial charge in [-0.15, -0.1) is 0 Å². The largest absolute Gasteiger partial charge is 0.497 e. The topological polar surface area (TPSA) is 87.1 Å². The molecule has 6 heteroatoms. The monoisotopic (exact) mass is 355 g/mol. The zero-order valence-corrected chi connectivity index (χ0v) is 14.6. The predicted molar refractivity (Wildman–Crippen MR) is 94.6 cm³/mol. The number of carbonyl (C=O) groups excluding carboxylic acids is 1. The number of aliphatic hydroxyl groups is 1. The average Bonchev–Trinajstić information content (AvgIpc) is 2.94. The molecule has 0 radical (unpaired) electrons. The summed E-state index contributed by atoms with van der Waals surface area (Å²) in [6, 6.07) is 15.2. The van der Waals surface area contributed by atoms with E-state index in [1.807, 2.05) is 37.3 Å². The minimum atomic E-state index is -2.11. The van der Waals surface area contributed by atoms with Crippen molar-refractivity contribution in [1.29, 1.82) is 0 Å². The van der Waals surface area contributed by atoms with E-state index >= 15 is 0 Å². The van der Waals surface area contributed by atoms with E-state index in [0.717, 1.165) is 5.56 Å². The van der Waals surface area contributed by atoms with Crippen LogP contribution in [0.4, 0.5) is 0 Å². The lowest BCUT2D eigenvalue weighted by molar-refractivity contribution is -0.158. The zero-order chi connectivity index (χ0) is 18.9. The molecule has 0 unspecified atom stereocenters. The first-order valence-corrected chi connectivity index (χ1v) is 8.35. The summed E-state index contributed by atoms with van der Waals surface area (Å²) >= 11 is 0. The number of aliphatic carboxylic acids is 1. The number of nitrogens with zero attached hydrogens (tertiary/aromatic N) is 1. The highest BCUT2D eigenvalue weighted by atomic mass is 16.5. The summed E-state index contributed by atoms with van der Waals surface area (Å²) in [5, 5.41) is 20.8. The van der Waals surface area contributed by atoms with Gasteiger partial charge in [0.1, 0.15) is 11.7 Å². The van der Waals surface area contributed by atoms with E-state index in [1.165, 1.54) is 24.1 Å². The molecule has 1 fully saturated rings. The van der Waals surface area contributed by atoms with E-state index in [4.69, 9.17) is 4.74 Å². The van der Waals surface area contributed by atoms with Gasteiger partial charge in [0, 0.05) is 6.54 Å². The summed E-state index contributed by atoms with van der Waals surface area (Å²) in [5.41, 5.74) is -0.983. The summed E-state index contributed by atoms with van der Waals surface area (Å²) in [6.45, 7) is 1.76. The minimum Gasteiger partial charge on any atom is -0.497 e. The number of amides is 1. The van der Waals surface area contributed by atoms with Crippen LogP contribution in [0.1, 0.15) is 24.1 Å². The Kier molecular flexibility index (Phi) is 4.70. The van der Waals surface area contributed by atoms with Crippen LogP contribution in [0.15, 0.2) is 54.6 Å². The Balaban J connectivity index is 2.00. The summed E-state index contributed by atoms with van der Waals surface area (Å²) in [6.07, 6.45) is 0. The normalized spacial score (nSPS) is 23.7. The lowest BCUT2D eigenvalue weighted by Crippen LogP contribution is -2.43. The number of carbonyl (C=O) groups is 2. The molecule has 2 aromatic carbocycles. The first-order chi connectivity index (χ1) is 12.4. The molecule has 0 saturated carbocycles. The van der Waals surface area contributed by atoms with Gasteiger partial charge < -0.3 is 19.8 Å². The van der Waals surface area contributed by atoms with Crippen molar-refractivity contribution in [3.63, 3.8) is 0 Å². The molecule has 1 heterocycles. The maximum atomic E-state index is 13.1. The fourth-order valence-electron chi connectivity index (χ4n) is 3.45. The SMILES string of the molecule is COc1ccc([C@@]2(O)C(=O)N([C@H](C)c3ccccc3)C[C@@H]2C(=O)O)cc1. The van der Waals surface area contributed by atoms with Crippen molar-refractivity contribution in [2.75, 3.05) is 13.7 Å². The number of hydrogen-bond donors (Lipinski definition) is 2. The number of carboxylic acids is 1. The van der Waals surface area contributed by atoms with Crippen molar-refractivity contribution in [3.05, 3.63) is 65.7 Å². The van der Waals surface area contributed by atoms with Crippen molar-refractivity contribution < 1.29 is 24.5 Å². The highest BCUT2D eigenvalue weighted by Crippen LogP contribution is 2.42. The zero-order valence-electron chi connectivity index (χ0n) is 14.6. The van der Waals surface area contributed by atoms with Gasteiger partial charge in [-0.2, -0.15) is 0 Å². The van der Waals surface area contributed by atoms with Crippen LogP contribution >= 0.6 is 0 Å². The van der Waals surface area contributed by atoms with Crippen molar-refractivity contribution in [1.82, 2.24) is 4.90 Å². The van der Waals surface area contributed by atoms with Crippen molar-refractivity contribution in [2.24, 2.45) is 5.92 Å². The third-order valence-electron chi connectivity index (χ3n) is 5.05. The van der Waals surface area contributed by atoms with Gasteiger partial charge in [-0.05, 0) is 30.2 Å². The first kappa shape index (κ1) is 17.9. The maximum absolute atomic E-state index is 13.1. The second-order valence-electron chi connectivity index (χ2n) is 6.43. The molecule has 0 bridgehead atoms. The molecule has 3 atom stereocenters. The number of hydrogen-bond acceptors (Lipinski definition) is 4. The fraction of sp³-hybridized carbons (Fsp3) is 0.300. The Bertz CT molecular complexity index is 805. The van der Waals surface area contributed by atoms with Crippen molar-refractivity contribution in [2.45, 2.75) is 18.6 Å². The molecule has 2 N–H and O–H groups in total. The molecule has 136 valence electrons. The lowest BCUT2D eigenvalue weighted by Gasteiger charge is -2.28. The Morgan fingerprint density at radius 2 is 1.81 bits per heavy atom. The first-order valence-electron chi connectivity index (χ1n) is 8.35. The van der Waals surface area contributed by atoms with Crippen molar-refractivity contribution in [3.8, 4) is 5.75 Å². The van der Waals surface area contributed by atoms with Gasteiger partial charge in [0.2, 0.25) is 0 Å². The number of benzene rings is 2. The van der Waals surface area contributed by atoms with Crippen LogP contribution in [0, 0.1) is 5.92 Å². The number of rotatable bonds is 5. The quantitative estimate of drug-likeness (QED) is 0.858. The Morgan fingerprint density at radius 3 is 2.35 bits per heavy atom. The minimum absolute atomic E-state index is 0.0627. The van der Waals surface area contributed by atoms with E-state index in [9.17, 15) is 19.8 Å². The van der Waals surface area contributed by atoms with Crippen molar-refractivity contribution >= 4 is 11.9 Å². The molecule has 26 heavy (non-hydrogen) atoms. The molecule has 1 aliphatic rings. The predicted octanol–water partition coefficient (Wildman–Crippen LogP) is 2.19. The van der Waals surface area contributed by atoms with Gasteiger partial charge in [-0.25, -0.2) is 0 Å². The third-order valence-corrected chi connectivity index (χ3v) is 5.05. The number of carboxylic acid groups (broad SMARTS) is 1. The van der Waals surface area contributed by atoms with Crippen LogP contribution in [0.25, 0.3) is 0 Å². The Hall–Kier alpha value is -2.86. The molecule has 1 amide bonds. The van der Waals surface area contributed by atoms with Crippen LogP contribution in [0.2, 0.25) is 0 Å². The highest BCUT2D eigenvalue weighted by Gasteiger charge is 2.58. The van der Waals surface area contributed by atoms with E-state index in [2.05, 4.69) is 0 Å². The van der Waals surface area contributed by atoms with Crippen LogP contribution in [-0.2, 0) is 15.2 Å². The molecule has 1 aliphatic heterocycles. The standard InChI is InChI=1S/C20H21NO5/c1-13(14-6-4-3-5-7-14)21-12-17(18(22)23)20(25,19(21)24)15-8-10-16(26-2)11-9-15/h3-11,13,17,25H,12H2,1-2H3,(H,22,23)/t13-,17-,20+/m1/s1.